The molecular weight excluding hydrogens is 1370 g/mol. The topological polar surface area (TPSA) is 11.4 Å². The minimum atomic E-state index is -0.234. The molecule has 2 aliphatic heterocycles. The minimum Gasteiger partial charge on any atom is -0.311 e. The van der Waals surface area contributed by atoms with Crippen molar-refractivity contribution in [2.75, 3.05) is 9.80 Å². The number of fused-ring (bicyclic) bond motifs is 7. The lowest BCUT2D eigenvalue weighted by Gasteiger charge is -2.45. The highest BCUT2D eigenvalue weighted by atomic mass is 15.2. The normalized spacial score (nSPS) is 12.4. The van der Waals surface area contributed by atoms with Gasteiger partial charge in [-0.05, 0) is 222 Å². The average molecular weight is 1460 g/mol. The molecule has 0 amide bonds. The number of rotatable bonds is 13. The van der Waals surface area contributed by atoms with Crippen LogP contribution in [0.4, 0.5) is 34.1 Å². The van der Waals surface area contributed by atoms with Gasteiger partial charge in [0.15, 0.2) is 0 Å². The average Bonchev–Trinajstić information content (AvgIpc) is 0.879. The van der Waals surface area contributed by atoms with Gasteiger partial charge in [-0.25, -0.2) is 0 Å². The molecule has 114 heavy (non-hydrogen) atoms. The Morgan fingerprint density at radius 2 is 0.439 bits per heavy atom. The first-order valence-corrected chi connectivity index (χ1v) is 39.9. The summed E-state index contributed by atoms with van der Waals surface area (Å²) < 4.78 is 2.62. The van der Waals surface area contributed by atoms with Gasteiger partial charge in [-0.3, -0.25) is 0 Å². The summed E-state index contributed by atoms with van der Waals surface area (Å²) in [6.07, 6.45) is 0. The van der Waals surface area contributed by atoms with Crippen molar-refractivity contribution in [3.8, 4) is 117 Å². The molecule has 1 aromatic heterocycles. The Morgan fingerprint density at radius 3 is 0.711 bits per heavy atom. The van der Waals surface area contributed by atoms with E-state index < -0.39 is 0 Å². The second kappa shape index (κ2) is 28.2. The maximum Gasteiger partial charge on any atom is 0.252 e. The molecule has 0 N–H and O–H groups in total. The van der Waals surface area contributed by atoms with Crippen molar-refractivity contribution in [1.29, 1.82) is 0 Å². The maximum absolute atomic E-state index is 2.65. The summed E-state index contributed by atoms with van der Waals surface area (Å²) in [5, 5.41) is 2.44. The minimum absolute atomic E-state index is 0.138. The van der Waals surface area contributed by atoms with Crippen LogP contribution in [0.15, 0.2) is 400 Å². The molecule has 0 saturated carbocycles. The van der Waals surface area contributed by atoms with Crippen molar-refractivity contribution in [3.05, 3.63) is 412 Å². The van der Waals surface area contributed by atoms with E-state index in [-0.39, 0.29) is 17.5 Å². The molecule has 4 heteroatoms. The number of nitrogens with zero attached hydrogens (tertiary/aromatic N) is 3. The molecule has 3 nitrogen and oxygen atoms in total. The third-order valence-electron chi connectivity index (χ3n) is 23.7. The molecular formula is C110H84BN3. The summed E-state index contributed by atoms with van der Waals surface area (Å²) in [7, 11) is 0. The molecule has 542 valence electrons. The van der Waals surface area contributed by atoms with Crippen LogP contribution in [-0.4, -0.2) is 11.3 Å². The Labute approximate surface area is 669 Å². The zero-order valence-electron chi connectivity index (χ0n) is 65.0. The molecule has 0 fully saturated rings. The zero-order chi connectivity index (χ0) is 76.8. The monoisotopic (exact) mass is 1460 g/mol. The molecule has 0 aliphatic carbocycles. The Kier molecular flexibility index (Phi) is 17.2. The van der Waals surface area contributed by atoms with Crippen molar-refractivity contribution < 1.29 is 0 Å². The summed E-state index contributed by atoms with van der Waals surface area (Å²) in [4.78, 5) is 5.30. The lowest BCUT2D eigenvalue weighted by atomic mass is 9.33. The van der Waals surface area contributed by atoms with Crippen molar-refractivity contribution in [2.45, 2.75) is 52.4 Å². The van der Waals surface area contributed by atoms with Gasteiger partial charge in [0, 0.05) is 44.9 Å². The van der Waals surface area contributed by atoms with Crippen LogP contribution in [0.25, 0.3) is 139 Å². The van der Waals surface area contributed by atoms with Gasteiger partial charge in [0.25, 0.3) is 6.71 Å². The second-order valence-electron chi connectivity index (χ2n) is 32.9. The van der Waals surface area contributed by atoms with Crippen LogP contribution >= 0.6 is 0 Å². The fraction of sp³-hybridized carbons (Fsp3) is 0.0727. The van der Waals surface area contributed by atoms with Gasteiger partial charge in [-0.2, -0.15) is 0 Å². The van der Waals surface area contributed by atoms with E-state index in [0.717, 1.165) is 107 Å². The molecule has 0 unspecified atom stereocenters. The van der Waals surface area contributed by atoms with E-state index in [1.807, 2.05) is 0 Å². The van der Waals surface area contributed by atoms with E-state index in [9.17, 15) is 0 Å². The van der Waals surface area contributed by atoms with E-state index in [1.165, 1.54) is 93.8 Å². The smallest absolute Gasteiger partial charge is 0.252 e. The summed E-state index contributed by atoms with van der Waals surface area (Å²) in [5.41, 5.74) is 39.2. The van der Waals surface area contributed by atoms with Crippen molar-refractivity contribution >= 4 is 79.0 Å². The lowest BCUT2D eigenvalue weighted by molar-refractivity contribution is 0.591. The van der Waals surface area contributed by atoms with Crippen molar-refractivity contribution in [2.24, 2.45) is 0 Å². The van der Waals surface area contributed by atoms with Crippen LogP contribution in [0.1, 0.15) is 52.7 Å². The van der Waals surface area contributed by atoms with Crippen LogP contribution in [-0.2, 0) is 10.8 Å². The molecule has 18 aromatic rings. The van der Waals surface area contributed by atoms with Crippen LogP contribution in [0.2, 0.25) is 0 Å². The first-order valence-electron chi connectivity index (χ1n) is 39.9. The van der Waals surface area contributed by atoms with E-state index >= 15 is 0 Å². The largest absolute Gasteiger partial charge is 0.311 e. The SMILES string of the molecule is CC(C)(C)c1ccc2c3ccc(C(C)(C)C)cc3n(-c3cc4c5c(c3)N(c3cc(-c6ccccc6)cc(-c6ccccc6)c3)c3cc(-c6ccc(-c7ccc(-c8ccccc8)cc7)cc6)ccc3B5c3ccc(-c5ccc(-c6ccc(-c7ccccc7)cc6)cc5)cc3N4c3cc(-c4ccccc4)cc(-c4ccccc4)c3)c2c1. The number of aromatic nitrogens is 1. The fourth-order valence-electron chi connectivity index (χ4n) is 17.6. The Hall–Kier alpha value is -13.8. The van der Waals surface area contributed by atoms with Gasteiger partial charge in [-0.15, -0.1) is 0 Å². The molecule has 0 spiro atoms. The van der Waals surface area contributed by atoms with Crippen LogP contribution in [0.5, 0.6) is 0 Å². The van der Waals surface area contributed by atoms with Crippen molar-refractivity contribution in [1.82, 2.24) is 4.57 Å². The van der Waals surface area contributed by atoms with E-state index in [0.29, 0.717) is 0 Å². The summed E-state index contributed by atoms with van der Waals surface area (Å²) in [6, 6.07) is 150. The van der Waals surface area contributed by atoms with E-state index in [2.05, 4.69) is 456 Å². The fourth-order valence-corrected chi connectivity index (χ4v) is 17.6. The van der Waals surface area contributed by atoms with Gasteiger partial charge in [0.1, 0.15) is 0 Å². The highest BCUT2D eigenvalue weighted by molar-refractivity contribution is 7.00. The van der Waals surface area contributed by atoms with Crippen LogP contribution < -0.4 is 26.2 Å². The van der Waals surface area contributed by atoms with E-state index in [1.54, 1.807) is 0 Å². The second-order valence-corrected chi connectivity index (χ2v) is 32.9. The number of anilines is 6. The number of hydrogen-bond acceptors (Lipinski definition) is 2. The number of benzene rings is 17. The van der Waals surface area contributed by atoms with Gasteiger partial charge >= 0.3 is 0 Å². The Morgan fingerprint density at radius 1 is 0.193 bits per heavy atom. The first-order chi connectivity index (χ1) is 55.7. The van der Waals surface area contributed by atoms with Gasteiger partial charge < -0.3 is 14.4 Å². The maximum atomic E-state index is 2.65. The highest BCUT2D eigenvalue weighted by Gasteiger charge is 2.45. The third-order valence-corrected chi connectivity index (χ3v) is 23.7. The quantitative estimate of drug-likeness (QED) is 0.107. The molecule has 20 rings (SSSR count). The summed E-state index contributed by atoms with van der Waals surface area (Å²) in [6.45, 7) is 13.8. The third kappa shape index (κ3) is 12.7. The molecule has 0 saturated heterocycles. The number of hydrogen-bond donors (Lipinski definition) is 0. The highest BCUT2D eigenvalue weighted by Crippen LogP contribution is 2.51. The van der Waals surface area contributed by atoms with Crippen molar-refractivity contribution in [3.63, 3.8) is 0 Å². The van der Waals surface area contributed by atoms with Gasteiger partial charge in [0.05, 0.1) is 16.7 Å². The summed E-state index contributed by atoms with van der Waals surface area (Å²) >= 11 is 0. The predicted molar refractivity (Wildman–Crippen MR) is 487 cm³/mol. The summed E-state index contributed by atoms with van der Waals surface area (Å²) in [5.74, 6) is 0. The van der Waals surface area contributed by atoms with Crippen LogP contribution in [0, 0.1) is 0 Å². The molecule has 0 radical (unpaired) electrons. The van der Waals surface area contributed by atoms with E-state index in [4.69, 9.17) is 0 Å². The predicted octanol–water partition coefficient (Wildman–Crippen LogP) is 28.1. The molecule has 0 atom stereocenters. The Bertz CT molecular complexity index is 6140. The first kappa shape index (κ1) is 69.4. The van der Waals surface area contributed by atoms with Crippen LogP contribution in [0.3, 0.4) is 0 Å². The standard InChI is InChI=1S/C110H84BN3/c1-109(2,3)93-55-57-98-99-58-56-94(110(4,5)6)70-103(99)112(102(98)69-93)97-71-106-108-107(72-97)114(96-65-91(77-33-21-11-22-34-77)62-92(66-96)78-35-23-12-24-36-78)105-68-88(86-51-47-84(48-52-86)82-43-39-80(40-44-82)74-27-15-8-16-28-74)54-60-101(105)111(108)100-59-53-87(85-49-45-83(46-50-85)81-41-37-79(38-42-81)73-25-13-7-14-26-73)67-104(100)113(106)95-63-89(75-29-17-9-18-30-75)61-90(64-95)76-31-19-10-20-32-76/h7-72H,1-6H3. The lowest BCUT2D eigenvalue weighted by Crippen LogP contribution is -2.61. The molecule has 3 heterocycles. The Balaban J connectivity index is 0.879. The molecule has 2 aliphatic rings. The van der Waals surface area contributed by atoms with Gasteiger partial charge in [-0.1, -0.05) is 369 Å². The van der Waals surface area contributed by atoms with Gasteiger partial charge in [0.2, 0.25) is 0 Å². The molecule has 0 bridgehead atoms. The molecule has 17 aromatic carbocycles. The zero-order valence-corrected chi connectivity index (χ0v) is 65.0.